The Balaban J connectivity index is 1.76. The van der Waals surface area contributed by atoms with Gasteiger partial charge in [0, 0.05) is 12.1 Å². The molecule has 3 rings (SSSR count). The molecule has 1 saturated heterocycles. The van der Waals surface area contributed by atoms with E-state index in [1.165, 1.54) is 19.3 Å². The standard InChI is InChI=1S/C23H30N2O4/c1-27-19-9-7-8-17(14-19)20(25-12-5-4-6-13-25)16-24-23(26)18-10-11-21(28-2)22(15-18)29-3/h7-11,14-15,20H,4-6,12-13,16H2,1-3H3,(H,24,26). The highest BCUT2D eigenvalue weighted by molar-refractivity contribution is 5.94. The predicted octanol–water partition coefficient (Wildman–Crippen LogP) is 3.67. The maximum atomic E-state index is 12.8. The number of methoxy groups -OCH3 is 3. The van der Waals surface area contributed by atoms with Crippen LogP contribution in [0, 0.1) is 0 Å². The molecule has 1 aliphatic heterocycles. The van der Waals surface area contributed by atoms with Crippen LogP contribution in [0.3, 0.4) is 0 Å². The minimum Gasteiger partial charge on any atom is -0.497 e. The summed E-state index contributed by atoms with van der Waals surface area (Å²) in [6.07, 6.45) is 3.63. The SMILES string of the molecule is COc1cccc(C(CNC(=O)c2ccc(OC)c(OC)c2)N2CCCCC2)c1. The Morgan fingerprint density at radius 1 is 0.966 bits per heavy atom. The summed E-state index contributed by atoms with van der Waals surface area (Å²) in [5.41, 5.74) is 1.70. The molecule has 2 aromatic carbocycles. The fraction of sp³-hybridized carbons (Fsp3) is 0.435. The van der Waals surface area contributed by atoms with Crippen molar-refractivity contribution < 1.29 is 19.0 Å². The van der Waals surface area contributed by atoms with Crippen LogP contribution in [-0.4, -0.2) is 51.8 Å². The number of benzene rings is 2. The summed E-state index contributed by atoms with van der Waals surface area (Å²) in [6.45, 7) is 2.60. The van der Waals surface area contributed by atoms with Crippen LogP contribution in [0.15, 0.2) is 42.5 Å². The molecule has 0 aromatic heterocycles. The molecule has 1 amide bonds. The number of carbonyl (C=O) groups excluding carboxylic acids is 1. The van der Waals surface area contributed by atoms with Gasteiger partial charge in [-0.15, -0.1) is 0 Å². The lowest BCUT2D eigenvalue weighted by Gasteiger charge is -2.35. The molecule has 0 aliphatic carbocycles. The lowest BCUT2D eigenvalue weighted by Crippen LogP contribution is -2.40. The van der Waals surface area contributed by atoms with E-state index in [-0.39, 0.29) is 11.9 Å². The van der Waals surface area contributed by atoms with Gasteiger partial charge in [-0.2, -0.15) is 0 Å². The van der Waals surface area contributed by atoms with Crippen molar-refractivity contribution in [2.24, 2.45) is 0 Å². The first kappa shape index (κ1) is 21.0. The first-order valence-corrected chi connectivity index (χ1v) is 10.0. The van der Waals surface area contributed by atoms with Crippen LogP contribution >= 0.6 is 0 Å². The molecule has 0 spiro atoms. The van der Waals surface area contributed by atoms with E-state index in [4.69, 9.17) is 14.2 Å². The zero-order chi connectivity index (χ0) is 20.6. The Morgan fingerprint density at radius 2 is 1.72 bits per heavy atom. The smallest absolute Gasteiger partial charge is 0.251 e. The quantitative estimate of drug-likeness (QED) is 0.735. The van der Waals surface area contributed by atoms with Gasteiger partial charge in [0.25, 0.3) is 5.91 Å². The number of carbonyl (C=O) groups is 1. The fourth-order valence-corrected chi connectivity index (χ4v) is 3.81. The highest BCUT2D eigenvalue weighted by Crippen LogP contribution is 2.29. The Bertz CT molecular complexity index is 818. The molecule has 1 N–H and O–H groups in total. The lowest BCUT2D eigenvalue weighted by molar-refractivity contribution is 0.0924. The molecule has 0 radical (unpaired) electrons. The first-order chi connectivity index (χ1) is 14.2. The van der Waals surface area contributed by atoms with E-state index in [1.54, 1.807) is 39.5 Å². The van der Waals surface area contributed by atoms with E-state index < -0.39 is 0 Å². The minimum atomic E-state index is -0.129. The van der Waals surface area contributed by atoms with E-state index in [1.807, 2.05) is 12.1 Å². The molecule has 6 nitrogen and oxygen atoms in total. The third kappa shape index (κ3) is 5.21. The lowest BCUT2D eigenvalue weighted by atomic mass is 10.0. The monoisotopic (exact) mass is 398 g/mol. The van der Waals surface area contributed by atoms with Crippen molar-refractivity contribution in [3.8, 4) is 17.2 Å². The first-order valence-electron chi connectivity index (χ1n) is 10.0. The minimum absolute atomic E-state index is 0.106. The van der Waals surface area contributed by atoms with E-state index in [0.717, 1.165) is 24.4 Å². The zero-order valence-electron chi connectivity index (χ0n) is 17.4. The average Bonchev–Trinajstić information content (AvgIpc) is 2.79. The van der Waals surface area contributed by atoms with Crippen molar-refractivity contribution in [1.29, 1.82) is 0 Å². The second-order valence-corrected chi connectivity index (χ2v) is 7.17. The van der Waals surface area contributed by atoms with E-state index in [9.17, 15) is 4.79 Å². The molecule has 156 valence electrons. The number of hydrogen-bond acceptors (Lipinski definition) is 5. The van der Waals surface area contributed by atoms with E-state index in [0.29, 0.717) is 23.6 Å². The van der Waals surface area contributed by atoms with Crippen LogP contribution in [0.25, 0.3) is 0 Å². The maximum Gasteiger partial charge on any atom is 0.251 e. The zero-order valence-corrected chi connectivity index (χ0v) is 17.4. The Hall–Kier alpha value is -2.73. The van der Waals surface area contributed by atoms with Gasteiger partial charge in [-0.05, 0) is 61.8 Å². The van der Waals surface area contributed by atoms with Gasteiger partial charge >= 0.3 is 0 Å². The van der Waals surface area contributed by atoms with Crippen LogP contribution in [0.4, 0.5) is 0 Å². The fourth-order valence-electron chi connectivity index (χ4n) is 3.81. The second kappa shape index (κ2) is 10.2. The Morgan fingerprint density at radius 3 is 2.41 bits per heavy atom. The normalized spacial score (nSPS) is 15.4. The van der Waals surface area contributed by atoms with Gasteiger partial charge in [-0.25, -0.2) is 0 Å². The van der Waals surface area contributed by atoms with Gasteiger partial charge in [-0.3, -0.25) is 9.69 Å². The van der Waals surface area contributed by atoms with Gasteiger partial charge in [0.15, 0.2) is 11.5 Å². The summed E-state index contributed by atoms with van der Waals surface area (Å²) < 4.78 is 16.0. The van der Waals surface area contributed by atoms with Crippen LogP contribution < -0.4 is 19.5 Å². The Labute approximate surface area is 172 Å². The van der Waals surface area contributed by atoms with Gasteiger partial charge in [0.1, 0.15) is 5.75 Å². The molecular formula is C23H30N2O4. The average molecular weight is 399 g/mol. The van der Waals surface area contributed by atoms with Crippen molar-refractivity contribution in [1.82, 2.24) is 10.2 Å². The van der Waals surface area contributed by atoms with Crippen LogP contribution in [-0.2, 0) is 0 Å². The molecule has 1 unspecified atom stereocenters. The van der Waals surface area contributed by atoms with Crippen molar-refractivity contribution >= 4 is 5.91 Å². The summed E-state index contributed by atoms with van der Waals surface area (Å²) in [5, 5.41) is 3.10. The van der Waals surface area contributed by atoms with Crippen molar-refractivity contribution in [3.63, 3.8) is 0 Å². The number of amides is 1. The van der Waals surface area contributed by atoms with Crippen LogP contribution in [0.2, 0.25) is 0 Å². The van der Waals surface area contributed by atoms with Crippen LogP contribution in [0.1, 0.15) is 41.2 Å². The number of likely N-dealkylation sites (tertiary alicyclic amines) is 1. The summed E-state index contributed by atoms with van der Waals surface area (Å²) in [5.74, 6) is 1.85. The summed E-state index contributed by atoms with van der Waals surface area (Å²) >= 11 is 0. The van der Waals surface area contributed by atoms with Crippen LogP contribution in [0.5, 0.6) is 17.2 Å². The van der Waals surface area contributed by atoms with E-state index in [2.05, 4.69) is 22.3 Å². The molecule has 6 heteroatoms. The van der Waals surface area contributed by atoms with Crippen molar-refractivity contribution in [2.45, 2.75) is 25.3 Å². The summed E-state index contributed by atoms with van der Waals surface area (Å²) in [7, 11) is 4.82. The number of rotatable bonds is 8. The van der Waals surface area contributed by atoms with Gasteiger partial charge < -0.3 is 19.5 Å². The maximum absolute atomic E-state index is 12.8. The van der Waals surface area contributed by atoms with Gasteiger partial charge in [0.05, 0.1) is 27.4 Å². The van der Waals surface area contributed by atoms with Crippen molar-refractivity contribution in [3.05, 3.63) is 53.6 Å². The molecule has 0 saturated carbocycles. The number of hydrogen-bond donors (Lipinski definition) is 1. The van der Waals surface area contributed by atoms with E-state index >= 15 is 0 Å². The molecule has 1 fully saturated rings. The molecule has 1 aliphatic rings. The Kier molecular flexibility index (Phi) is 7.36. The predicted molar refractivity (Wildman–Crippen MR) is 113 cm³/mol. The molecular weight excluding hydrogens is 368 g/mol. The number of piperidine rings is 1. The summed E-state index contributed by atoms with van der Waals surface area (Å²) in [6, 6.07) is 13.4. The largest absolute Gasteiger partial charge is 0.497 e. The topological polar surface area (TPSA) is 60.0 Å². The highest BCUT2D eigenvalue weighted by atomic mass is 16.5. The highest BCUT2D eigenvalue weighted by Gasteiger charge is 2.23. The van der Waals surface area contributed by atoms with Crippen molar-refractivity contribution in [2.75, 3.05) is 41.0 Å². The molecule has 1 heterocycles. The van der Waals surface area contributed by atoms with Gasteiger partial charge in [-0.1, -0.05) is 18.6 Å². The molecule has 1 atom stereocenters. The molecule has 0 bridgehead atoms. The third-order valence-corrected chi connectivity index (χ3v) is 5.41. The molecule has 2 aromatic rings. The van der Waals surface area contributed by atoms with Gasteiger partial charge in [0.2, 0.25) is 0 Å². The second-order valence-electron chi connectivity index (χ2n) is 7.17. The summed E-state index contributed by atoms with van der Waals surface area (Å²) in [4.78, 5) is 15.3. The number of nitrogens with zero attached hydrogens (tertiary/aromatic N) is 1. The number of ether oxygens (including phenoxy) is 3. The third-order valence-electron chi connectivity index (χ3n) is 5.41. The molecule has 29 heavy (non-hydrogen) atoms. The number of nitrogens with one attached hydrogen (secondary N) is 1.